The van der Waals surface area contributed by atoms with Crippen LogP contribution in [0.2, 0.25) is 0 Å². The summed E-state index contributed by atoms with van der Waals surface area (Å²) in [5, 5.41) is 0. The van der Waals surface area contributed by atoms with Crippen molar-refractivity contribution in [2.45, 2.75) is 30.2 Å². The molecular weight excluding hydrogens is 344 g/mol. The third-order valence-electron chi connectivity index (χ3n) is 4.89. The Morgan fingerprint density at radius 3 is 2.67 bits per heavy atom. The predicted octanol–water partition coefficient (Wildman–Crippen LogP) is 2.80. The fourth-order valence-corrected chi connectivity index (χ4v) is 4.44. The number of rotatable bonds is 5. The largest absolute Gasteiger partial charge is 0.381 e. The van der Waals surface area contributed by atoms with Crippen molar-refractivity contribution in [3.05, 3.63) is 30.3 Å². The van der Waals surface area contributed by atoms with Crippen LogP contribution in [0.15, 0.2) is 35.2 Å². The van der Waals surface area contributed by atoms with E-state index in [0.717, 1.165) is 51.3 Å². The lowest BCUT2D eigenvalue weighted by molar-refractivity contribution is -0.133. The molecule has 24 heavy (non-hydrogen) atoms. The topological polar surface area (TPSA) is 55.6 Å². The van der Waals surface area contributed by atoms with Crippen LogP contribution in [0, 0.1) is 11.8 Å². The summed E-state index contributed by atoms with van der Waals surface area (Å²) in [6.07, 6.45) is 2.91. The Morgan fingerprint density at radius 2 is 1.96 bits per heavy atom. The number of benzene rings is 1. The molecule has 2 fully saturated rings. The van der Waals surface area contributed by atoms with E-state index in [2.05, 4.69) is 24.3 Å². The first kappa shape index (κ1) is 19.6. The zero-order valence-electron chi connectivity index (χ0n) is 13.9. The second-order valence-electron chi connectivity index (χ2n) is 6.54. The van der Waals surface area contributed by atoms with E-state index < -0.39 is 0 Å². The summed E-state index contributed by atoms with van der Waals surface area (Å²) in [6.45, 7) is 3.19. The van der Waals surface area contributed by atoms with Crippen LogP contribution in [0.25, 0.3) is 0 Å². The Balaban J connectivity index is 0.00000208. The van der Waals surface area contributed by atoms with Crippen LogP contribution >= 0.6 is 24.2 Å². The fourth-order valence-electron chi connectivity index (χ4n) is 3.39. The molecule has 134 valence electrons. The average molecular weight is 371 g/mol. The number of thioether (sulfide) groups is 1. The molecular formula is C18H27ClN2O2S. The van der Waals surface area contributed by atoms with Crippen LogP contribution in [0.5, 0.6) is 0 Å². The summed E-state index contributed by atoms with van der Waals surface area (Å²) in [6, 6.07) is 10.1. The van der Waals surface area contributed by atoms with Gasteiger partial charge in [-0.25, -0.2) is 0 Å². The highest BCUT2D eigenvalue weighted by molar-refractivity contribution is 7.99. The van der Waals surface area contributed by atoms with Crippen molar-refractivity contribution in [1.82, 2.24) is 4.90 Å². The first-order chi connectivity index (χ1) is 11.2. The molecule has 2 unspecified atom stereocenters. The Morgan fingerprint density at radius 1 is 1.25 bits per heavy atom. The van der Waals surface area contributed by atoms with Crippen molar-refractivity contribution in [1.29, 1.82) is 0 Å². The molecule has 1 aromatic carbocycles. The van der Waals surface area contributed by atoms with E-state index in [1.165, 1.54) is 4.90 Å². The second-order valence-corrected chi connectivity index (χ2v) is 7.63. The van der Waals surface area contributed by atoms with E-state index in [9.17, 15) is 4.79 Å². The smallest absolute Gasteiger partial charge is 0.239 e. The molecule has 0 saturated carbocycles. The zero-order valence-corrected chi connectivity index (χ0v) is 15.6. The minimum atomic E-state index is -0.348. The predicted molar refractivity (Wildman–Crippen MR) is 101 cm³/mol. The lowest BCUT2D eigenvalue weighted by atomic mass is 9.91. The van der Waals surface area contributed by atoms with E-state index in [1.54, 1.807) is 0 Å². The van der Waals surface area contributed by atoms with Crippen LogP contribution < -0.4 is 5.73 Å². The minimum absolute atomic E-state index is 0. The second kappa shape index (κ2) is 9.66. The molecule has 0 bridgehead atoms. The Bertz CT molecular complexity index is 511. The summed E-state index contributed by atoms with van der Waals surface area (Å²) in [4.78, 5) is 15.9. The third-order valence-corrected chi connectivity index (χ3v) is 6.13. The number of hydrogen-bond acceptors (Lipinski definition) is 4. The molecule has 2 N–H and O–H groups in total. The maximum absolute atomic E-state index is 12.6. The first-order valence-corrected chi connectivity index (χ1v) is 9.52. The van der Waals surface area contributed by atoms with Crippen molar-refractivity contribution in [3.63, 3.8) is 0 Å². The van der Waals surface area contributed by atoms with Crippen LogP contribution in [0.4, 0.5) is 0 Å². The summed E-state index contributed by atoms with van der Waals surface area (Å²) in [5.41, 5.74) is 6.23. The zero-order chi connectivity index (χ0) is 16.1. The van der Waals surface area contributed by atoms with E-state index in [-0.39, 0.29) is 30.3 Å². The minimum Gasteiger partial charge on any atom is -0.381 e. The van der Waals surface area contributed by atoms with Crippen molar-refractivity contribution in [2.75, 3.05) is 32.1 Å². The quantitative estimate of drug-likeness (QED) is 0.810. The number of amides is 1. The first-order valence-electron chi connectivity index (χ1n) is 8.54. The Hall–Kier alpha value is -0.750. The van der Waals surface area contributed by atoms with Crippen LogP contribution in [-0.4, -0.2) is 48.9 Å². The summed E-state index contributed by atoms with van der Waals surface area (Å²) < 4.78 is 5.36. The molecule has 3 rings (SSSR count). The van der Waals surface area contributed by atoms with Gasteiger partial charge in [-0.2, -0.15) is 0 Å². The number of carbonyl (C=O) groups excluding carboxylic acids is 1. The lowest BCUT2D eigenvalue weighted by Crippen LogP contribution is -2.48. The number of nitrogens with zero attached hydrogens (tertiary/aromatic N) is 1. The number of carbonyl (C=O) groups is 1. The van der Waals surface area contributed by atoms with Gasteiger partial charge in [0, 0.05) is 37.0 Å². The molecule has 1 aromatic rings. The number of ether oxygens (including phenoxy) is 1. The molecule has 2 saturated heterocycles. The van der Waals surface area contributed by atoms with Gasteiger partial charge in [-0.1, -0.05) is 18.2 Å². The number of halogens is 1. The molecule has 2 atom stereocenters. The maximum atomic E-state index is 12.6. The van der Waals surface area contributed by atoms with Gasteiger partial charge in [0.15, 0.2) is 0 Å². The third kappa shape index (κ3) is 5.12. The molecule has 0 aliphatic carbocycles. The summed E-state index contributed by atoms with van der Waals surface area (Å²) in [5.74, 6) is 2.07. The van der Waals surface area contributed by atoms with Gasteiger partial charge in [0.2, 0.25) is 5.91 Å². The standard InChI is InChI=1S/C18H26N2O2S.ClH/c19-17(15-7-10-22-11-8-15)18(21)20-9-6-14(12-20)13-23-16-4-2-1-3-5-16;/h1-5,14-15,17H,6-13,19H2;1H. The van der Waals surface area contributed by atoms with Crippen molar-refractivity contribution < 1.29 is 9.53 Å². The molecule has 6 heteroatoms. The number of nitrogens with two attached hydrogens (primary N) is 1. The van der Waals surface area contributed by atoms with Gasteiger partial charge >= 0.3 is 0 Å². The van der Waals surface area contributed by atoms with Crippen molar-refractivity contribution in [2.24, 2.45) is 17.6 Å². The van der Waals surface area contributed by atoms with Crippen molar-refractivity contribution in [3.8, 4) is 0 Å². The molecule has 0 radical (unpaired) electrons. The highest BCUT2D eigenvalue weighted by atomic mass is 35.5. The molecule has 0 spiro atoms. The summed E-state index contributed by atoms with van der Waals surface area (Å²) in [7, 11) is 0. The van der Waals surface area contributed by atoms with Gasteiger partial charge in [0.1, 0.15) is 0 Å². The van der Waals surface area contributed by atoms with Gasteiger partial charge < -0.3 is 15.4 Å². The molecule has 2 aliphatic rings. The van der Waals surface area contributed by atoms with E-state index in [4.69, 9.17) is 10.5 Å². The monoisotopic (exact) mass is 370 g/mol. The average Bonchev–Trinajstić information content (AvgIpc) is 3.09. The van der Waals surface area contributed by atoms with Crippen molar-refractivity contribution >= 4 is 30.1 Å². The SMILES string of the molecule is Cl.NC(C(=O)N1CCC(CSc2ccccc2)C1)C1CCOCC1. The molecule has 0 aromatic heterocycles. The Labute approximate surface area is 154 Å². The molecule has 4 nitrogen and oxygen atoms in total. The van der Waals surface area contributed by atoms with Crippen LogP contribution in [-0.2, 0) is 9.53 Å². The summed E-state index contributed by atoms with van der Waals surface area (Å²) >= 11 is 1.88. The highest BCUT2D eigenvalue weighted by Gasteiger charge is 2.33. The fraction of sp³-hybridized carbons (Fsp3) is 0.611. The van der Waals surface area contributed by atoms with E-state index >= 15 is 0 Å². The van der Waals surface area contributed by atoms with Crippen LogP contribution in [0.1, 0.15) is 19.3 Å². The van der Waals surface area contributed by atoms with Gasteiger partial charge in [-0.15, -0.1) is 24.2 Å². The highest BCUT2D eigenvalue weighted by Crippen LogP contribution is 2.27. The molecule has 2 aliphatic heterocycles. The number of likely N-dealkylation sites (tertiary alicyclic amines) is 1. The van der Waals surface area contributed by atoms with Gasteiger partial charge in [-0.3, -0.25) is 4.79 Å². The van der Waals surface area contributed by atoms with E-state index in [0.29, 0.717) is 5.92 Å². The van der Waals surface area contributed by atoms with Gasteiger partial charge in [-0.05, 0) is 43.2 Å². The van der Waals surface area contributed by atoms with Gasteiger partial charge in [0.25, 0.3) is 0 Å². The normalized spacial score (nSPS) is 22.9. The van der Waals surface area contributed by atoms with E-state index in [1.807, 2.05) is 22.7 Å². The number of hydrogen-bond donors (Lipinski definition) is 1. The van der Waals surface area contributed by atoms with Crippen LogP contribution in [0.3, 0.4) is 0 Å². The Kier molecular flexibility index (Phi) is 7.88. The van der Waals surface area contributed by atoms with Gasteiger partial charge in [0.05, 0.1) is 6.04 Å². The molecule has 2 heterocycles. The lowest BCUT2D eigenvalue weighted by Gasteiger charge is -2.29. The molecule has 1 amide bonds. The maximum Gasteiger partial charge on any atom is 0.239 e.